The van der Waals surface area contributed by atoms with E-state index >= 15 is 0 Å². The fraction of sp³-hybridized carbons (Fsp3) is 0.667. The molecule has 0 radical (unpaired) electrons. The molecule has 1 saturated carbocycles. The number of hydrogen-bond donors (Lipinski definition) is 0. The second-order valence-corrected chi connectivity index (χ2v) is 7.90. The molecule has 1 aliphatic heterocycles. The first kappa shape index (κ1) is 26.4. The zero-order valence-electron chi connectivity index (χ0n) is 19.1. The molecule has 1 saturated heterocycles. The molecule has 2 aliphatic rings. The zero-order valence-corrected chi connectivity index (χ0v) is 19.1. The molecule has 0 N–H and O–H groups in total. The van der Waals surface area contributed by atoms with Crippen molar-refractivity contribution in [3.05, 3.63) is 35.4 Å². The molecule has 1 heterocycles. The van der Waals surface area contributed by atoms with Crippen molar-refractivity contribution in [3.8, 4) is 0 Å². The number of methoxy groups -OCH3 is 3. The fourth-order valence-electron chi connectivity index (χ4n) is 3.33. The van der Waals surface area contributed by atoms with Crippen LogP contribution in [0.15, 0.2) is 24.3 Å². The summed E-state index contributed by atoms with van der Waals surface area (Å²) in [6.07, 6.45) is 5.71. The van der Waals surface area contributed by atoms with Crippen LogP contribution in [0.2, 0.25) is 0 Å². The van der Waals surface area contributed by atoms with Crippen molar-refractivity contribution in [2.75, 3.05) is 47.8 Å². The molecule has 1 aliphatic carbocycles. The molecule has 1 atom stereocenters. The first-order valence-corrected chi connectivity index (χ1v) is 10.6. The molecule has 0 spiro atoms. The van der Waals surface area contributed by atoms with Gasteiger partial charge in [-0.15, -0.1) is 0 Å². The standard InChI is InChI=1S/C10H20O2.C10H10O2.C4H8O2/c1-11-7-9-3-5-10(6-4-9)8-12-2;1-7(11)9-3-5-10(6-4-9)8(2)12;1-5-2-4-3-6-4/h9-10H,3-8H2,1-2H3;3-6H,1-2H3;4H,2-3H2,1H3. The summed E-state index contributed by atoms with van der Waals surface area (Å²) >= 11 is 0. The third-order valence-corrected chi connectivity index (χ3v) is 5.22. The Balaban J connectivity index is 0.000000237. The maximum atomic E-state index is 10.8. The van der Waals surface area contributed by atoms with Crippen molar-refractivity contribution < 1.29 is 28.5 Å². The van der Waals surface area contributed by atoms with Gasteiger partial charge in [-0.05, 0) is 51.4 Å². The molecule has 1 aromatic rings. The van der Waals surface area contributed by atoms with Gasteiger partial charge in [0.15, 0.2) is 11.6 Å². The number of Topliss-reactive ketones (excluding diaryl/α,β-unsaturated/α-hetero) is 2. The summed E-state index contributed by atoms with van der Waals surface area (Å²) in [4.78, 5) is 21.7. The lowest BCUT2D eigenvalue weighted by molar-refractivity contribution is 0.0862. The summed E-state index contributed by atoms with van der Waals surface area (Å²) in [6.45, 7) is 6.55. The van der Waals surface area contributed by atoms with Gasteiger partial charge in [-0.1, -0.05) is 24.3 Å². The van der Waals surface area contributed by atoms with Gasteiger partial charge >= 0.3 is 0 Å². The van der Waals surface area contributed by atoms with Crippen LogP contribution in [0.5, 0.6) is 0 Å². The number of carbonyl (C=O) groups excluding carboxylic acids is 2. The van der Waals surface area contributed by atoms with Gasteiger partial charge in [-0.25, -0.2) is 0 Å². The van der Waals surface area contributed by atoms with E-state index in [9.17, 15) is 9.59 Å². The normalized spacial score (nSPS) is 22.1. The average molecular weight is 423 g/mol. The molecule has 6 heteroatoms. The van der Waals surface area contributed by atoms with Gasteiger partial charge in [0.1, 0.15) is 6.10 Å². The number of carbonyl (C=O) groups is 2. The molecule has 0 amide bonds. The highest BCUT2D eigenvalue weighted by atomic mass is 16.6. The number of hydrogen-bond acceptors (Lipinski definition) is 6. The van der Waals surface area contributed by atoms with E-state index in [0.717, 1.165) is 38.3 Å². The Morgan fingerprint density at radius 1 is 0.767 bits per heavy atom. The average Bonchev–Trinajstić information content (AvgIpc) is 3.55. The lowest BCUT2D eigenvalue weighted by Gasteiger charge is -2.27. The Bertz CT molecular complexity index is 554. The quantitative estimate of drug-likeness (QED) is 0.461. The van der Waals surface area contributed by atoms with Crippen molar-refractivity contribution in [2.45, 2.75) is 45.6 Å². The van der Waals surface area contributed by atoms with Crippen molar-refractivity contribution in [1.82, 2.24) is 0 Å². The Morgan fingerprint density at radius 2 is 1.10 bits per heavy atom. The van der Waals surface area contributed by atoms with E-state index in [-0.39, 0.29) is 11.6 Å². The smallest absolute Gasteiger partial charge is 0.159 e. The van der Waals surface area contributed by atoms with Gasteiger partial charge in [-0.3, -0.25) is 9.59 Å². The summed E-state index contributed by atoms with van der Waals surface area (Å²) in [7, 11) is 5.27. The highest BCUT2D eigenvalue weighted by Crippen LogP contribution is 2.28. The Kier molecular flexibility index (Phi) is 13.4. The Hall–Kier alpha value is -1.60. The maximum absolute atomic E-state index is 10.8. The maximum Gasteiger partial charge on any atom is 0.159 e. The van der Waals surface area contributed by atoms with E-state index in [0.29, 0.717) is 17.2 Å². The van der Waals surface area contributed by atoms with Crippen molar-refractivity contribution >= 4 is 11.6 Å². The molecule has 3 rings (SSSR count). The second kappa shape index (κ2) is 15.2. The summed E-state index contributed by atoms with van der Waals surface area (Å²) in [5.74, 6) is 1.65. The number of ketones is 2. The molecule has 170 valence electrons. The van der Waals surface area contributed by atoms with E-state index in [1.807, 2.05) is 0 Å². The lowest BCUT2D eigenvalue weighted by atomic mass is 9.83. The predicted molar refractivity (Wildman–Crippen MR) is 117 cm³/mol. The summed E-state index contributed by atoms with van der Waals surface area (Å²) in [5.41, 5.74) is 1.28. The van der Waals surface area contributed by atoms with Crippen LogP contribution in [0.1, 0.15) is 60.2 Å². The van der Waals surface area contributed by atoms with E-state index < -0.39 is 0 Å². The highest BCUT2D eigenvalue weighted by molar-refractivity contribution is 5.97. The largest absolute Gasteiger partial charge is 0.384 e. The number of rotatable bonds is 8. The topological polar surface area (TPSA) is 74.4 Å². The number of benzene rings is 1. The SMILES string of the molecule is CC(=O)c1ccc(C(C)=O)cc1.COCC1CCC(COC)CC1.COCC1CO1. The van der Waals surface area contributed by atoms with Gasteiger partial charge in [0.25, 0.3) is 0 Å². The van der Waals surface area contributed by atoms with E-state index in [4.69, 9.17) is 18.9 Å². The number of ether oxygens (including phenoxy) is 4. The molecule has 6 nitrogen and oxygen atoms in total. The highest BCUT2D eigenvalue weighted by Gasteiger charge is 2.21. The molecule has 1 unspecified atom stereocenters. The lowest BCUT2D eigenvalue weighted by Crippen LogP contribution is -2.20. The minimum Gasteiger partial charge on any atom is -0.384 e. The van der Waals surface area contributed by atoms with Gasteiger partial charge in [0.2, 0.25) is 0 Å². The van der Waals surface area contributed by atoms with Crippen LogP contribution < -0.4 is 0 Å². The molecule has 0 bridgehead atoms. The Morgan fingerprint density at radius 3 is 1.30 bits per heavy atom. The predicted octanol–water partition coefficient (Wildman–Crippen LogP) is 4.21. The van der Waals surface area contributed by atoms with E-state index in [1.54, 1.807) is 45.6 Å². The van der Waals surface area contributed by atoms with Crippen LogP contribution in [-0.2, 0) is 18.9 Å². The first-order chi connectivity index (χ1) is 14.4. The van der Waals surface area contributed by atoms with Crippen LogP contribution in [0.3, 0.4) is 0 Å². The van der Waals surface area contributed by atoms with Crippen LogP contribution in [0.4, 0.5) is 0 Å². The van der Waals surface area contributed by atoms with Gasteiger partial charge < -0.3 is 18.9 Å². The summed E-state index contributed by atoms with van der Waals surface area (Å²) in [6, 6.07) is 6.66. The van der Waals surface area contributed by atoms with Gasteiger partial charge in [-0.2, -0.15) is 0 Å². The molecule has 1 aromatic carbocycles. The van der Waals surface area contributed by atoms with Crippen LogP contribution >= 0.6 is 0 Å². The molecular weight excluding hydrogens is 384 g/mol. The monoisotopic (exact) mass is 422 g/mol. The van der Waals surface area contributed by atoms with Crippen LogP contribution in [0, 0.1) is 11.8 Å². The summed E-state index contributed by atoms with van der Waals surface area (Å²) < 4.78 is 19.9. The van der Waals surface area contributed by atoms with Crippen LogP contribution in [-0.4, -0.2) is 65.4 Å². The van der Waals surface area contributed by atoms with Gasteiger partial charge in [0, 0.05) is 45.7 Å². The summed E-state index contributed by atoms with van der Waals surface area (Å²) in [5, 5.41) is 0. The minimum atomic E-state index is 0.0186. The van der Waals surface area contributed by atoms with Gasteiger partial charge in [0.05, 0.1) is 13.2 Å². The minimum absolute atomic E-state index is 0.0186. The van der Waals surface area contributed by atoms with Crippen LogP contribution in [0.25, 0.3) is 0 Å². The second-order valence-electron chi connectivity index (χ2n) is 7.90. The molecule has 2 fully saturated rings. The first-order valence-electron chi connectivity index (χ1n) is 10.6. The molecule has 30 heavy (non-hydrogen) atoms. The third-order valence-electron chi connectivity index (χ3n) is 5.22. The van der Waals surface area contributed by atoms with E-state index in [2.05, 4.69) is 0 Å². The Labute approximate surface area is 181 Å². The molecule has 0 aromatic heterocycles. The third kappa shape index (κ3) is 11.6. The van der Waals surface area contributed by atoms with Crippen molar-refractivity contribution in [1.29, 1.82) is 0 Å². The number of epoxide rings is 1. The van der Waals surface area contributed by atoms with E-state index in [1.165, 1.54) is 39.5 Å². The molecular formula is C24H38O6. The fourth-order valence-corrected chi connectivity index (χ4v) is 3.33. The van der Waals surface area contributed by atoms with Crippen molar-refractivity contribution in [2.24, 2.45) is 11.8 Å². The van der Waals surface area contributed by atoms with Crippen molar-refractivity contribution in [3.63, 3.8) is 0 Å². The zero-order chi connectivity index (χ0) is 22.4.